The smallest absolute Gasteiger partial charge is 0.0138 e. The third-order valence-corrected chi connectivity index (χ3v) is 2.70. The predicted octanol–water partition coefficient (Wildman–Crippen LogP) is 1.70. The zero-order valence-corrected chi connectivity index (χ0v) is 9.22. The van der Waals surface area contributed by atoms with Gasteiger partial charge in [0.1, 0.15) is 0 Å². The molecule has 0 saturated carbocycles. The Balaban J connectivity index is 4.25. The van der Waals surface area contributed by atoms with Gasteiger partial charge in [0.05, 0.1) is 0 Å². The van der Waals surface area contributed by atoms with E-state index >= 15 is 0 Å². The largest absolute Gasteiger partial charge is 0.330 e. The molecule has 0 aromatic heterocycles. The van der Waals surface area contributed by atoms with Gasteiger partial charge in [-0.1, -0.05) is 20.8 Å². The topological polar surface area (TPSA) is 29.3 Å². The van der Waals surface area contributed by atoms with Crippen molar-refractivity contribution in [1.29, 1.82) is 0 Å². The van der Waals surface area contributed by atoms with Gasteiger partial charge in [0.15, 0.2) is 0 Å². The lowest BCUT2D eigenvalue weighted by molar-refractivity contribution is 0.124. The molecule has 0 aliphatic rings. The van der Waals surface area contributed by atoms with Gasteiger partial charge in [-0.05, 0) is 38.9 Å². The van der Waals surface area contributed by atoms with E-state index in [1.807, 2.05) is 0 Å². The highest BCUT2D eigenvalue weighted by atomic mass is 15.1. The fourth-order valence-electron chi connectivity index (χ4n) is 2.16. The van der Waals surface area contributed by atoms with Crippen LogP contribution in [0.5, 0.6) is 0 Å². The lowest BCUT2D eigenvalue weighted by Crippen LogP contribution is -2.41. The molecule has 0 aromatic carbocycles. The standard InChI is InChI=1S/C10H24N2/c1-6-9(12(4)5)10(2,3)7-8-11/h9H,6-8,11H2,1-5H3. The van der Waals surface area contributed by atoms with Gasteiger partial charge < -0.3 is 10.6 Å². The average Bonchev–Trinajstić information content (AvgIpc) is 1.86. The van der Waals surface area contributed by atoms with Crippen LogP contribution in [0.15, 0.2) is 0 Å². The Morgan fingerprint density at radius 3 is 2.08 bits per heavy atom. The molecular weight excluding hydrogens is 148 g/mol. The fourth-order valence-corrected chi connectivity index (χ4v) is 2.16. The van der Waals surface area contributed by atoms with Crippen LogP contribution in [0.1, 0.15) is 33.6 Å². The Bertz CT molecular complexity index is 119. The van der Waals surface area contributed by atoms with E-state index in [0.29, 0.717) is 11.5 Å². The quantitative estimate of drug-likeness (QED) is 0.684. The lowest BCUT2D eigenvalue weighted by Gasteiger charge is -2.38. The molecule has 0 rings (SSSR count). The zero-order valence-electron chi connectivity index (χ0n) is 9.22. The van der Waals surface area contributed by atoms with Crippen molar-refractivity contribution in [3.63, 3.8) is 0 Å². The lowest BCUT2D eigenvalue weighted by atomic mass is 9.79. The molecule has 1 unspecified atom stereocenters. The van der Waals surface area contributed by atoms with Crippen molar-refractivity contribution in [2.75, 3.05) is 20.6 Å². The first-order valence-electron chi connectivity index (χ1n) is 4.82. The Hall–Kier alpha value is -0.0800. The van der Waals surface area contributed by atoms with Crippen LogP contribution in [0.4, 0.5) is 0 Å². The fraction of sp³-hybridized carbons (Fsp3) is 1.00. The maximum atomic E-state index is 5.59. The monoisotopic (exact) mass is 172 g/mol. The van der Waals surface area contributed by atoms with Crippen molar-refractivity contribution in [2.45, 2.75) is 39.7 Å². The summed E-state index contributed by atoms with van der Waals surface area (Å²) in [6.45, 7) is 7.63. The van der Waals surface area contributed by atoms with Crippen molar-refractivity contribution >= 4 is 0 Å². The van der Waals surface area contributed by atoms with Gasteiger partial charge in [0.25, 0.3) is 0 Å². The Labute approximate surface area is 77.1 Å². The van der Waals surface area contributed by atoms with Crippen LogP contribution >= 0.6 is 0 Å². The number of nitrogens with zero attached hydrogens (tertiary/aromatic N) is 1. The molecule has 2 nitrogen and oxygen atoms in total. The molecule has 0 spiro atoms. The highest BCUT2D eigenvalue weighted by Crippen LogP contribution is 2.29. The van der Waals surface area contributed by atoms with Crippen molar-refractivity contribution in [1.82, 2.24) is 4.90 Å². The van der Waals surface area contributed by atoms with Crippen molar-refractivity contribution in [3.05, 3.63) is 0 Å². The van der Waals surface area contributed by atoms with Gasteiger partial charge in [0, 0.05) is 6.04 Å². The van der Waals surface area contributed by atoms with Gasteiger partial charge in [-0.15, -0.1) is 0 Å². The summed E-state index contributed by atoms with van der Waals surface area (Å²) in [5, 5.41) is 0. The number of nitrogens with two attached hydrogens (primary N) is 1. The van der Waals surface area contributed by atoms with E-state index in [0.717, 1.165) is 13.0 Å². The molecule has 12 heavy (non-hydrogen) atoms. The molecule has 0 fully saturated rings. The average molecular weight is 172 g/mol. The molecule has 0 aliphatic carbocycles. The van der Waals surface area contributed by atoms with E-state index in [1.165, 1.54) is 6.42 Å². The minimum Gasteiger partial charge on any atom is -0.330 e. The number of hydrogen-bond acceptors (Lipinski definition) is 2. The van der Waals surface area contributed by atoms with Crippen LogP contribution in [-0.4, -0.2) is 31.6 Å². The third kappa shape index (κ3) is 3.11. The summed E-state index contributed by atoms with van der Waals surface area (Å²) in [5.74, 6) is 0. The summed E-state index contributed by atoms with van der Waals surface area (Å²) in [6.07, 6.45) is 2.30. The molecule has 0 amide bonds. The second kappa shape index (κ2) is 4.83. The molecule has 0 aromatic rings. The molecule has 74 valence electrons. The maximum absolute atomic E-state index is 5.59. The second-order valence-electron chi connectivity index (χ2n) is 4.41. The Morgan fingerprint density at radius 1 is 1.33 bits per heavy atom. The Kier molecular flexibility index (Phi) is 4.80. The molecule has 2 heteroatoms. The molecule has 0 saturated heterocycles. The van der Waals surface area contributed by atoms with Gasteiger partial charge >= 0.3 is 0 Å². The molecule has 1 atom stereocenters. The first kappa shape index (κ1) is 11.9. The van der Waals surface area contributed by atoms with Crippen LogP contribution in [0, 0.1) is 5.41 Å². The molecule has 0 bridgehead atoms. The van der Waals surface area contributed by atoms with Crippen LogP contribution < -0.4 is 5.73 Å². The van der Waals surface area contributed by atoms with E-state index in [-0.39, 0.29) is 0 Å². The van der Waals surface area contributed by atoms with E-state index in [9.17, 15) is 0 Å². The number of hydrogen-bond donors (Lipinski definition) is 1. The first-order valence-corrected chi connectivity index (χ1v) is 4.82. The minimum atomic E-state index is 0.340. The van der Waals surface area contributed by atoms with Crippen LogP contribution in [-0.2, 0) is 0 Å². The van der Waals surface area contributed by atoms with Gasteiger partial charge in [0.2, 0.25) is 0 Å². The zero-order chi connectivity index (χ0) is 9.78. The summed E-state index contributed by atoms with van der Waals surface area (Å²) in [6, 6.07) is 0.640. The summed E-state index contributed by atoms with van der Waals surface area (Å²) in [7, 11) is 4.29. The molecular formula is C10H24N2. The van der Waals surface area contributed by atoms with E-state index < -0.39 is 0 Å². The first-order chi connectivity index (χ1) is 5.45. The van der Waals surface area contributed by atoms with Crippen LogP contribution in [0.2, 0.25) is 0 Å². The van der Waals surface area contributed by atoms with Crippen molar-refractivity contribution in [2.24, 2.45) is 11.1 Å². The normalized spacial score (nSPS) is 15.2. The number of rotatable bonds is 5. The highest BCUT2D eigenvalue weighted by molar-refractivity contribution is 4.83. The molecule has 0 radical (unpaired) electrons. The van der Waals surface area contributed by atoms with E-state index in [1.54, 1.807) is 0 Å². The Morgan fingerprint density at radius 2 is 1.83 bits per heavy atom. The summed E-state index contributed by atoms with van der Waals surface area (Å²) in [4.78, 5) is 2.30. The van der Waals surface area contributed by atoms with Crippen molar-refractivity contribution < 1.29 is 0 Å². The second-order valence-corrected chi connectivity index (χ2v) is 4.41. The predicted molar refractivity (Wildman–Crippen MR) is 55.2 cm³/mol. The van der Waals surface area contributed by atoms with Gasteiger partial charge in [-0.25, -0.2) is 0 Å². The van der Waals surface area contributed by atoms with E-state index in [2.05, 4.69) is 39.8 Å². The SMILES string of the molecule is CCC(N(C)C)C(C)(C)CCN. The maximum Gasteiger partial charge on any atom is 0.0138 e. The van der Waals surface area contributed by atoms with Gasteiger partial charge in [-0.2, -0.15) is 0 Å². The summed E-state index contributed by atoms with van der Waals surface area (Å²) in [5.41, 5.74) is 5.93. The highest BCUT2D eigenvalue weighted by Gasteiger charge is 2.28. The molecule has 2 N–H and O–H groups in total. The van der Waals surface area contributed by atoms with Crippen LogP contribution in [0.25, 0.3) is 0 Å². The molecule has 0 aliphatic heterocycles. The van der Waals surface area contributed by atoms with Gasteiger partial charge in [-0.3, -0.25) is 0 Å². The third-order valence-electron chi connectivity index (χ3n) is 2.70. The van der Waals surface area contributed by atoms with Crippen molar-refractivity contribution in [3.8, 4) is 0 Å². The summed E-state index contributed by atoms with van der Waals surface area (Å²) >= 11 is 0. The molecule has 0 heterocycles. The summed E-state index contributed by atoms with van der Waals surface area (Å²) < 4.78 is 0. The van der Waals surface area contributed by atoms with Crippen LogP contribution in [0.3, 0.4) is 0 Å². The van der Waals surface area contributed by atoms with E-state index in [4.69, 9.17) is 5.73 Å². The minimum absolute atomic E-state index is 0.340.